The molecule has 2 heterocycles. The number of anilines is 1. The fourth-order valence-corrected chi connectivity index (χ4v) is 4.09. The minimum atomic E-state index is -0.593. The Hall–Kier alpha value is -3.92. The largest absolute Gasteiger partial charge is 0.458 e. The molecule has 0 radical (unpaired) electrons. The first kappa shape index (κ1) is 23.2. The van der Waals surface area contributed by atoms with Crippen molar-refractivity contribution in [2.45, 2.75) is 33.3 Å². The molecule has 0 aliphatic carbocycles. The maximum atomic E-state index is 12.5. The SMILES string of the molecule is CCc1ccc(NC(=O)c2nnc(COC(=O)CCN3C(=O)c4ccc(C)cc4C3=O)s2)cc1. The molecule has 34 heavy (non-hydrogen) atoms. The van der Waals surface area contributed by atoms with Crippen LogP contribution in [0.1, 0.15) is 60.0 Å². The highest BCUT2D eigenvalue weighted by Crippen LogP contribution is 2.24. The summed E-state index contributed by atoms with van der Waals surface area (Å²) in [5.41, 5.74) is 3.37. The number of amides is 3. The van der Waals surface area contributed by atoms with E-state index in [1.807, 2.05) is 31.2 Å². The molecule has 10 heteroatoms. The van der Waals surface area contributed by atoms with Gasteiger partial charge in [0.2, 0.25) is 5.01 Å². The summed E-state index contributed by atoms with van der Waals surface area (Å²) in [6, 6.07) is 12.5. The number of nitrogens with one attached hydrogen (secondary N) is 1. The lowest BCUT2D eigenvalue weighted by Crippen LogP contribution is -2.32. The molecular weight excluding hydrogens is 456 g/mol. The number of fused-ring (bicyclic) bond motifs is 1. The van der Waals surface area contributed by atoms with E-state index in [1.54, 1.807) is 18.2 Å². The van der Waals surface area contributed by atoms with Crippen LogP contribution in [0.5, 0.6) is 0 Å². The molecule has 1 aliphatic heterocycles. The van der Waals surface area contributed by atoms with Crippen LogP contribution in [-0.4, -0.2) is 45.3 Å². The minimum absolute atomic E-state index is 0.0785. The van der Waals surface area contributed by atoms with Crippen LogP contribution in [0.4, 0.5) is 5.69 Å². The summed E-state index contributed by atoms with van der Waals surface area (Å²) in [6.07, 6.45) is 0.759. The number of aromatic nitrogens is 2. The van der Waals surface area contributed by atoms with E-state index in [0.717, 1.165) is 33.8 Å². The summed E-state index contributed by atoms with van der Waals surface area (Å²) >= 11 is 1.02. The molecule has 174 valence electrons. The summed E-state index contributed by atoms with van der Waals surface area (Å²) in [6.45, 7) is 3.65. The van der Waals surface area contributed by atoms with Gasteiger partial charge in [0.15, 0.2) is 5.01 Å². The van der Waals surface area contributed by atoms with Gasteiger partial charge in [-0.25, -0.2) is 0 Å². The number of hydrogen-bond acceptors (Lipinski definition) is 8. The zero-order valence-electron chi connectivity index (χ0n) is 18.7. The summed E-state index contributed by atoms with van der Waals surface area (Å²) in [5, 5.41) is 11.0. The maximum Gasteiger partial charge on any atom is 0.308 e. The van der Waals surface area contributed by atoms with Crippen molar-refractivity contribution in [2.75, 3.05) is 11.9 Å². The van der Waals surface area contributed by atoms with Crippen LogP contribution < -0.4 is 5.32 Å². The molecule has 1 N–H and O–H groups in total. The van der Waals surface area contributed by atoms with Gasteiger partial charge in [-0.15, -0.1) is 10.2 Å². The number of hydrogen-bond donors (Lipinski definition) is 1. The van der Waals surface area contributed by atoms with E-state index >= 15 is 0 Å². The fourth-order valence-electron chi connectivity index (χ4n) is 3.44. The van der Waals surface area contributed by atoms with Gasteiger partial charge in [-0.1, -0.05) is 42.0 Å². The molecule has 0 unspecified atom stereocenters. The van der Waals surface area contributed by atoms with Crippen molar-refractivity contribution >= 4 is 40.7 Å². The maximum absolute atomic E-state index is 12.5. The summed E-state index contributed by atoms with van der Waals surface area (Å²) < 4.78 is 5.18. The van der Waals surface area contributed by atoms with Crippen LogP contribution in [0.15, 0.2) is 42.5 Å². The Kier molecular flexibility index (Phi) is 6.78. The Labute approximate surface area is 199 Å². The molecule has 1 aliphatic rings. The number of carbonyl (C=O) groups excluding carboxylic acids is 4. The summed E-state index contributed by atoms with van der Waals surface area (Å²) in [5.74, 6) is -1.83. The van der Waals surface area contributed by atoms with Gasteiger partial charge < -0.3 is 10.1 Å². The molecule has 4 rings (SSSR count). The van der Waals surface area contributed by atoms with Crippen LogP contribution >= 0.6 is 11.3 Å². The lowest BCUT2D eigenvalue weighted by atomic mass is 10.1. The third kappa shape index (κ3) is 5.01. The summed E-state index contributed by atoms with van der Waals surface area (Å²) in [4.78, 5) is 50.5. The summed E-state index contributed by atoms with van der Waals surface area (Å²) in [7, 11) is 0. The van der Waals surface area contributed by atoms with Crippen LogP contribution in [0.3, 0.4) is 0 Å². The Balaban J connectivity index is 1.26. The molecule has 0 spiro atoms. The van der Waals surface area contributed by atoms with Gasteiger partial charge in [0.05, 0.1) is 17.5 Å². The van der Waals surface area contributed by atoms with Crippen molar-refractivity contribution in [1.29, 1.82) is 0 Å². The second-order valence-corrected chi connectivity index (χ2v) is 8.79. The highest BCUT2D eigenvalue weighted by atomic mass is 32.1. The highest BCUT2D eigenvalue weighted by molar-refractivity contribution is 7.13. The molecule has 0 saturated heterocycles. The van der Waals surface area contributed by atoms with E-state index in [4.69, 9.17) is 4.74 Å². The standard InChI is InChI=1S/C24H22N4O5S/c1-3-15-5-7-16(8-6-15)25-21(30)22-27-26-19(34-22)13-33-20(29)10-11-28-23(31)17-9-4-14(2)12-18(17)24(28)32/h4-9,12H,3,10-11,13H2,1-2H3,(H,25,30). The second-order valence-electron chi connectivity index (χ2n) is 7.73. The van der Waals surface area contributed by atoms with Gasteiger partial charge in [0, 0.05) is 12.2 Å². The predicted molar refractivity (Wildman–Crippen MR) is 125 cm³/mol. The zero-order valence-corrected chi connectivity index (χ0v) is 19.5. The van der Waals surface area contributed by atoms with Gasteiger partial charge >= 0.3 is 5.97 Å². The van der Waals surface area contributed by atoms with Gasteiger partial charge in [0.25, 0.3) is 17.7 Å². The smallest absolute Gasteiger partial charge is 0.308 e. The number of carbonyl (C=O) groups is 4. The molecule has 0 fully saturated rings. The van der Waals surface area contributed by atoms with E-state index < -0.39 is 23.7 Å². The molecule has 3 aromatic rings. The zero-order chi connectivity index (χ0) is 24.2. The number of benzene rings is 2. The molecule has 0 bridgehead atoms. The Morgan fingerprint density at radius 1 is 1.03 bits per heavy atom. The van der Waals surface area contributed by atoms with Crippen molar-refractivity contribution in [2.24, 2.45) is 0 Å². The van der Waals surface area contributed by atoms with E-state index in [2.05, 4.69) is 22.4 Å². The number of esters is 1. The van der Waals surface area contributed by atoms with Gasteiger partial charge in [-0.05, 0) is 43.2 Å². The number of imide groups is 1. The first-order valence-corrected chi connectivity index (χ1v) is 11.5. The average molecular weight is 479 g/mol. The van der Waals surface area contributed by atoms with Crippen LogP contribution in [0.2, 0.25) is 0 Å². The molecular formula is C24H22N4O5S. The number of aryl methyl sites for hydroxylation is 2. The quantitative estimate of drug-likeness (QED) is 0.389. The lowest BCUT2D eigenvalue weighted by Gasteiger charge is -2.12. The van der Waals surface area contributed by atoms with E-state index in [0.29, 0.717) is 21.8 Å². The minimum Gasteiger partial charge on any atom is -0.458 e. The lowest BCUT2D eigenvalue weighted by molar-refractivity contribution is -0.145. The third-order valence-corrected chi connectivity index (χ3v) is 6.20. The van der Waals surface area contributed by atoms with Gasteiger partial charge in [-0.2, -0.15) is 0 Å². The van der Waals surface area contributed by atoms with E-state index in [1.165, 1.54) is 0 Å². The Morgan fingerprint density at radius 3 is 2.50 bits per heavy atom. The van der Waals surface area contributed by atoms with Gasteiger partial charge in [-0.3, -0.25) is 24.1 Å². The first-order chi connectivity index (χ1) is 16.4. The monoisotopic (exact) mass is 478 g/mol. The molecule has 1 aromatic heterocycles. The number of rotatable bonds is 8. The van der Waals surface area contributed by atoms with Crippen molar-refractivity contribution in [3.8, 4) is 0 Å². The Morgan fingerprint density at radius 2 is 1.76 bits per heavy atom. The van der Waals surface area contributed by atoms with Crippen molar-refractivity contribution in [3.05, 3.63) is 74.7 Å². The Bertz CT molecular complexity index is 1270. The van der Waals surface area contributed by atoms with Crippen molar-refractivity contribution < 1.29 is 23.9 Å². The fraction of sp³-hybridized carbons (Fsp3) is 0.250. The second kappa shape index (κ2) is 9.92. The third-order valence-electron chi connectivity index (χ3n) is 5.30. The van der Waals surface area contributed by atoms with E-state index in [-0.39, 0.29) is 24.6 Å². The highest BCUT2D eigenvalue weighted by Gasteiger charge is 2.35. The molecule has 2 aromatic carbocycles. The topological polar surface area (TPSA) is 119 Å². The molecule has 3 amide bonds. The van der Waals surface area contributed by atoms with Crippen LogP contribution in [-0.2, 0) is 22.6 Å². The molecule has 0 saturated carbocycles. The first-order valence-electron chi connectivity index (χ1n) is 10.7. The molecule has 9 nitrogen and oxygen atoms in total. The van der Waals surface area contributed by atoms with Crippen LogP contribution in [0, 0.1) is 6.92 Å². The van der Waals surface area contributed by atoms with Gasteiger partial charge in [0.1, 0.15) is 6.61 Å². The normalized spacial score (nSPS) is 12.6. The van der Waals surface area contributed by atoms with Crippen LogP contribution in [0.25, 0.3) is 0 Å². The van der Waals surface area contributed by atoms with Crippen molar-refractivity contribution in [3.63, 3.8) is 0 Å². The number of ether oxygens (including phenoxy) is 1. The van der Waals surface area contributed by atoms with E-state index in [9.17, 15) is 19.2 Å². The van der Waals surface area contributed by atoms with Crippen molar-refractivity contribution in [1.82, 2.24) is 15.1 Å². The predicted octanol–water partition coefficient (Wildman–Crippen LogP) is 3.39. The number of nitrogens with zero attached hydrogens (tertiary/aromatic N) is 3. The molecule has 0 atom stereocenters. The average Bonchev–Trinajstić information content (AvgIpc) is 3.40.